The molecule has 94 valence electrons. The number of hydrogen-bond donors (Lipinski definition) is 2. The van der Waals surface area contributed by atoms with Gasteiger partial charge in [-0.15, -0.1) is 11.3 Å². The highest BCUT2D eigenvalue weighted by atomic mass is 32.1. The maximum Gasteiger partial charge on any atom is 0.326 e. The molecule has 0 aliphatic carbocycles. The third-order valence-corrected chi connectivity index (χ3v) is 3.51. The Bertz CT molecular complexity index is 388. The Morgan fingerprint density at radius 3 is 3.18 bits per heavy atom. The summed E-state index contributed by atoms with van der Waals surface area (Å²) in [5.74, 6) is -1.05. The van der Waals surface area contributed by atoms with E-state index in [0.717, 1.165) is 31.2 Å². The number of nitrogens with two attached hydrogens (primary N) is 1. The zero-order valence-corrected chi connectivity index (χ0v) is 10.2. The number of nitrogens with zero attached hydrogens (tertiary/aromatic N) is 2. The first-order valence-corrected chi connectivity index (χ1v) is 6.33. The minimum absolute atomic E-state index is 0.419. The molecule has 1 atom stereocenters. The number of carboxylic acid groups (broad SMARTS) is 1. The minimum Gasteiger partial charge on any atom is -0.480 e. The molecule has 1 aliphatic rings. The smallest absolute Gasteiger partial charge is 0.326 e. The molecule has 17 heavy (non-hydrogen) atoms. The van der Waals surface area contributed by atoms with Gasteiger partial charge in [0.05, 0.1) is 12.3 Å². The number of anilines is 1. The third kappa shape index (κ3) is 2.93. The lowest BCUT2D eigenvalue weighted by atomic mass is 10.2. The lowest BCUT2D eigenvalue weighted by Crippen LogP contribution is -2.26. The van der Waals surface area contributed by atoms with Crippen molar-refractivity contribution < 1.29 is 14.6 Å². The number of hydrogen-bond acceptors (Lipinski definition) is 6. The maximum atomic E-state index is 10.7. The molecule has 1 aromatic heterocycles. The van der Waals surface area contributed by atoms with Gasteiger partial charge in [0.1, 0.15) is 6.04 Å². The Hall–Kier alpha value is -1.18. The monoisotopic (exact) mass is 257 g/mol. The van der Waals surface area contributed by atoms with Crippen LogP contribution in [0.2, 0.25) is 0 Å². The van der Waals surface area contributed by atoms with Crippen LogP contribution in [0.25, 0.3) is 0 Å². The van der Waals surface area contributed by atoms with Crippen LogP contribution in [0.4, 0.5) is 5.13 Å². The summed E-state index contributed by atoms with van der Waals surface area (Å²) in [6, 6.07) is -1.04. The molecule has 3 N–H and O–H groups in total. The predicted octanol–water partition coefficient (Wildman–Crippen LogP) is 0.454. The fourth-order valence-corrected chi connectivity index (χ4v) is 2.54. The Morgan fingerprint density at radius 2 is 2.41 bits per heavy atom. The summed E-state index contributed by atoms with van der Waals surface area (Å²) in [6.07, 6.45) is 0.958. The average molecular weight is 257 g/mol. The van der Waals surface area contributed by atoms with Crippen molar-refractivity contribution in [3.05, 3.63) is 11.1 Å². The summed E-state index contributed by atoms with van der Waals surface area (Å²) in [5, 5.41) is 11.3. The quantitative estimate of drug-likeness (QED) is 0.817. The number of rotatable bonds is 3. The number of aromatic nitrogens is 1. The van der Waals surface area contributed by atoms with Gasteiger partial charge in [-0.1, -0.05) is 0 Å². The van der Waals surface area contributed by atoms with Crippen molar-refractivity contribution in [3.8, 4) is 0 Å². The van der Waals surface area contributed by atoms with E-state index in [0.29, 0.717) is 12.3 Å². The number of carboxylic acids is 1. The SMILES string of the molecule is NC(C(=O)O)c1csc(N2CCCOCC2)n1. The van der Waals surface area contributed by atoms with Gasteiger partial charge >= 0.3 is 5.97 Å². The molecule has 0 bridgehead atoms. The molecule has 0 aromatic carbocycles. The van der Waals surface area contributed by atoms with Crippen molar-refractivity contribution in [1.82, 2.24) is 4.98 Å². The van der Waals surface area contributed by atoms with Crippen molar-refractivity contribution in [3.63, 3.8) is 0 Å². The standard InChI is InChI=1S/C10H15N3O3S/c11-8(9(14)15)7-6-17-10(12-7)13-2-1-4-16-5-3-13/h6,8H,1-5,11H2,(H,14,15). The molecule has 2 rings (SSSR count). The van der Waals surface area contributed by atoms with Crippen molar-refractivity contribution in [2.24, 2.45) is 5.73 Å². The minimum atomic E-state index is -1.05. The lowest BCUT2D eigenvalue weighted by molar-refractivity contribution is -0.138. The van der Waals surface area contributed by atoms with E-state index in [9.17, 15) is 4.79 Å². The Morgan fingerprint density at radius 1 is 1.59 bits per heavy atom. The van der Waals surface area contributed by atoms with Gasteiger partial charge in [0, 0.05) is 25.1 Å². The molecule has 0 spiro atoms. The summed E-state index contributed by atoms with van der Waals surface area (Å²) in [7, 11) is 0. The molecule has 0 saturated carbocycles. The van der Waals surface area contributed by atoms with E-state index >= 15 is 0 Å². The maximum absolute atomic E-state index is 10.7. The summed E-state index contributed by atoms with van der Waals surface area (Å²) in [6.45, 7) is 3.12. The van der Waals surface area contributed by atoms with Crippen LogP contribution >= 0.6 is 11.3 Å². The fourth-order valence-electron chi connectivity index (χ4n) is 1.63. The molecule has 1 unspecified atom stereocenters. The first-order chi connectivity index (χ1) is 8.18. The number of ether oxygens (including phenoxy) is 1. The second kappa shape index (κ2) is 5.44. The van der Waals surface area contributed by atoms with Crippen LogP contribution in [0.15, 0.2) is 5.38 Å². The molecule has 1 saturated heterocycles. The fraction of sp³-hybridized carbons (Fsp3) is 0.600. The van der Waals surface area contributed by atoms with Gasteiger partial charge in [-0.2, -0.15) is 0 Å². The van der Waals surface area contributed by atoms with Crippen LogP contribution < -0.4 is 10.6 Å². The largest absolute Gasteiger partial charge is 0.480 e. The molecule has 1 aromatic rings. The third-order valence-electron chi connectivity index (χ3n) is 2.59. The van der Waals surface area contributed by atoms with E-state index in [1.807, 2.05) is 0 Å². The van der Waals surface area contributed by atoms with Crippen molar-refractivity contribution in [2.75, 3.05) is 31.2 Å². The molecule has 2 heterocycles. The van der Waals surface area contributed by atoms with Gasteiger partial charge in [-0.3, -0.25) is 4.79 Å². The van der Waals surface area contributed by atoms with E-state index in [4.69, 9.17) is 15.6 Å². The van der Waals surface area contributed by atoms with E-state index in [-0.39, 0.29) is 0 Å². The highest BCUT2D eigenvalue weighted by Crippen LogP contribution is 2.24. The molecular formula is C10H15N3O3S. The van der Waals surface area contributed by atoms with Crippen LogP contribution in [-0.2, 0) is 9.53 Å². The van der Waals surface area contributed by atoms with Gasteiger partial charge in [0.2, 0.25) is 0 Å². The topological polar surface area (TPSA) is 88.7 Å². The Kier molecular flexibility index (Phi) is 3.93. The molecule has 1 aliphatic heterocycles. The van der Waals surface area contributed by atoms with Gasteiger partial charge in [-0.25, -0.2) is 4.98 Å². The van der Waals surface area contributed by atoms with Crippen molar-refractivity contribution >= 4 is 22.4 Å². The van der Waals surface area contributed by atoms with Crippen molar-refractivity contribution in [1.29, 1.82) is 0 Å². The Labute approximate surface area is 103 Å². The average Bonchev–Trinajstić information content (AvgIpc) is 2.64. The van der Waals surface area contributed by atoms with Gasteiger partial charge in [-0.05, 0) is 6.42 Å². The van der Waals surface area contributed by atoms with Crippen molar-refractivity contribution in [2.45, 2.75) is 12.5 Å². The van der Waals surface area contributed by atoms with E-state index in [1.54, 1.807) is 5.38 Å². The van der Waals surface area contributed by atoms with Crippen LogP contribution in [0.1, 0.15) is 18.2 Å². The highest BCUT2D eigenvalue weighted by Gasteiger charge is 2.20. The zero-order valence-electron chi connectivity index (χ0n) is 9.33. The number of thiazole rings is 1. The van der Waals surface area contributed by atoms with Gasteiger partial charge < -0.3 is 20.5 Å². The van der Waals surface area contributed by atoms with E-state index in [2.05, 4.69) is 9.88 Å². The molecule has 0 amide bonds. The molecule has 6 nitrogen and oxygen atoms in total. The Balaban J connectivity index is 2.08. The molecular weight excluding hydrogens is 242 g/mol. The second-order valence-electron chi connectivity index (χ2n) is 3.82. The van der Waals surface area contributed by atoms with Crippen LogP contribution in [-0.4, -0.2) is 42.4 Å². The zero-order chi connectivity index (χ0) is 12.3. The summed E-state index contributed by atoms with van der Waals surface area (Å²) in [4.78, 5) is 17.1. The summed E-state index contributed by atoms with van der Waals surface area (Å²) < 4.78 is 5.36. The van der Waals surface area contributed by atoms with Crippen LogP contribution in [0.3, 0.4) is 0 Å². The molecule has 0 radical (unpaired) electrons. The van der Waals surface area contributed by atoms with Crippen LogP contribution in [0, 0.1) is 0 Å². The van der Waals surface area contributed by atoms with Gasteiger partial charge in [0.15, 0.2) is 5.13 Å². The molecule has 7 heteroatoms. The molecule has 1 fully saturated rings. The summed E-state index contributed by atoms with van der Waals surface area (Å²) in [5.41, 5.74) is 5.93. The first-order valence-electron chi connectivity index (χ1n) is 5.45. The van der Waals surface area contributed by atoms with E-state index < -0.39 is 12.0 Å². The lowest BCUT2D eigenvalue weighted by Gasteiger charge is -2.17. The second-order valence-corrected chi connectivity index (χ2v) is 4.66. The van der Waals surface area contributed by atoms with E-state index in [1.165, 1.54) is 11.3 Å². The predicted molar refractivity (Wildman–Crippen MR) is 64.3 cm³/mol. The first kappa shape index (κ1) is 12.3. The van der Waals surface area contributed by atoms with Crippen LogP contribution in [0.5, 0.6) is 0 Å². The number of carbonyl (C=O) groups is 1. The normalized spacial score (nSPS) is 18.8. The van der Waals surface area contributed by atoms with Gasteiger partial charge in [0.25, 0.3) is 0 Å². The summed E-state index contributed by atoms with van der Waals surface area (Å²) >= 11 is 1.43. The highest BCUT2D eigenvalue weighted by molar-refractivity contribution is 7.13. The number of aliphatic carboxylic acids is 1.